The van der Waals surface area contributed by atoms with Crippen LogP contribution in [0.25, 0.3) is 0 Å². The summed E-state index contributed by atoms with van der Waals surface area (Å²) < 4.78 is 34.0. The molecule has 10 heteroatoms. The average Bonchev–Trinajstić information content (AvgIpc) is 2.88. The van der Waals surface area contributed by atoms with Crippen LogP contribution in [0.5, 0.6) is 5.75 Å². The summed E-state index contributed by atoms with van der Waals surface area (Å²) in [5.74, 6) is -0.131. The van der Waals surface area contributed by atoms with E-state index in [2.05, 4.69) is 10.2 Å². The van der Waals surface area contributed by atoms with Gasteiger partial charge in [0, 0.05) is 51.4 Å². The summed E-state index contributed by atoms with van der Waals surface area (Å²) in [4.78, 5) is 29.6. The van der Waals surface area contributed by atoms with E-state index in [4.69, 9.17) is 4.74 Å². The van der Waals surface area contributed by atoms with Gasteiger partial charge in [-0.2, -0.15) is 4.31 Å². The van der Waals surface area contributed by atoms with E-state index in [0.717, 1.165) is 26.2 Å². The number of ether oxygens (including phenoxy) is 1. The fourth-order valence-corrected chi connectivity index (χ4v) is 7.75. The van der Waals surface area contributed by atoms with E-state index in [1.807, 2.05) is 4.90 Å². The Morgan fingerprint density at radius 2 is 1.74 bits per heavy atom. The normalized spacial score (nSPS) is 25.0. The van der Waals surface area contributed by atoms with E-state index in [1.165, 1.54) is 42.5 Å². The fourth-order valence-electron chi connectivity index (χ4n) is 6.01. The molecule has 2 saturated heterocycles. The molecule has 1 aromatic carbocycles. The second kappa shape index (κ2) is 10.1. The lowest BCUT2D eigenvalue weighted by atomic mass is 9.93. The Morgan fingerprint density at radius 1 is 1.00 bits per heavy atom. The van der Waals surface area contributed by atoms with E-state index >= 15 is 0 Å². The van der Waals surface area contributed by atoms with Gasteiger partial charge in [-0.1, -0.05) is 19.3 Å². The van der Waals surface area contributed by atoms with Crippen molar-refractivity contribution in [3.63, 3.8) is 0 Å². The molecule has 1 saturated carbocycles. The summed E-state index contributed by atoms with van der Waals surface area (Å²) >= 11 is 0. The van der Waals surface area contributed by atoms with Crippen LogP contribution in [0.3, 0.4) is 0 Å². The van der Waals surface area contributed by atoms with Crippen LogP contribution in [0.4, 0.5) is 5.69 Å². The lowest BCUT2D eigenvalue weighted by Gasteiger charge is -2.42. The molecule has 9 nitrogen and oxygen atoms in total. The first-order valence-corrected chi connectivity index (χ1v) is 14.4. The number of fused-ring (bicyclic) bond motifs is 1. The molecule has 1 unspecified atom stereocenters. The SMILES string of the molecule is Cc1cc2c(cc1S(=O)(=O)N1CCCC(C(=O)N3CCN(C4CCCCC4)CC3)C1)OCC(=O)N2. The van der Waals surface area contributed by atoms with Crippen LogP contribution in [-0.4, -0.2) is 86.3 Å². The van der Waals surface area contributed by atoms with Gasteiger partial charge in [-0.15, -0.1) is 0 Å². The van der Waals surface area contributed by atoms with Crippen LogP contribution >= 0.6 is 0 Å². The first-order valence-electron chi connectivity index (χ1n) is 12.9. The minimum absolute atomic E-state index is 0.0846. The molecule has 35 heavy (non-hydrogen) atoms. The van der Waals surface area contributed by atoms with Crippen LogP contribution in [0.2, 0.25) is 0 Å². The number of amides is 2. The Kier molecular flexibility index (Phi) is 7.05. The minimum Gasteiger partial charge on any atom is -0.482 e. The van der Waals surface area contributed by atoms with E-state index < -0.39 is 10.0 Å². The first kappa shape index (κ1) is 24.5. The molecule has 0 spiro atoms. The highest BCUT2D eigenvalue weighted by Gasteiger charge is 2.37. The molecule has 1 aliphatic carbocycles. The third-order valence-corrected chi connectivity index (χ3v) is 9.99. The Bertz CT molecular complexity index is 1080. The standard InChI is InChI=1S/C25H36N4O5S/c1-18-14-21-22(34-17-24(30)26-21)15-23(18)35(32,33)29-9-5-6-19(16-29)25(31)28-12-10-27(11-13-28)20-7-3-2-4-8-20/h14-15,19-20H,2-13,16-17H2,1H3,(H,26,30). The predicted octanol–water partition coefficient (Wildman–Crippen LogP) is 2.20. The second-order valence-corrected chi connectivity index (χ2v) is 12.2. The molecule has 3 fully saturated rings. The molecule has 0 bridgehead atoms. The summed E-state index contributed by atoms with van der Waals surface area (Å²) in [7, 11) is -3.80. The number of anilines is 1. The van der Waals surface area contributed by atoms with Gasteiger partial charge in [-0.25, -0.2) is 8.42 Å². The molecule has 5 rings (SSSR count). The molecule has 1 aromatic rings. The third kappa shape index (κ3) is 5.06. The van der Waals surface area contributed by atoms with Crippen molar-refractivity contribution in [2.45, 2.75) is 62.8 Å². The topological polar surface area (TPSA) is 99.3 Å². The largest absolute Gasteiger partial charge is 0.482 e. The van der Waals surface area contributed by atoms with Crippen LogP contribution < -0.4 is 10.1 Å². The number of hydrogen-bond acceptors (Lipinski definition) is 6. The number of carbonyl (C=O) groups is 2. The van der Waals surface area contributed by atoms with Crippen molar-refractivity contribution in [2.24, 2.45) is 5.92 Å². The molecule has 3 aliphatic heterocycles. The van der Waals surface area contributed by atoms with Gasteiger partial charge in [0.05, 0.1) is 16.5 Å². The Hall–Kier alpha value is -2.17. The van der Waals surface area contributed by atoms with Crippen LogP contribution in [0.1, 0.15) is 50.5 Å². The van der Waals surface area contributed by atoms with Gasteiger partial charge in [0.2, 0.25) is 15.9 Å². The molecule has 1 atom stereocenters. The van der Waals surface area contributed by atoms with Crippen LogP contribution in [-0.2, 0) is 19.6 Å². The number of piperazine rings is 1. The van der Waals surface area contributed by atoms with Crippen molar-refractivity contribution in [3.05, 3.63) is 17.7 Å². The van der Waals surface area contributed by atoms with Crippen LogP contribution in [0.15, 0.2) is 17.0 Å². The maximum absolute atomic E-state index is 13.6. The molecule has 2 amide bonds. The third-order valence-electron chi connectivity index (χ3n) is 7.98. The van der Waals surface area contributed by atoms with Crippen molar-refractivity contribution in [3.8, 4) is 5.75 Å². The highest BCUT2D eigenvalue weighted by atomic mass is 32.2. The van der Waals surface area contributed by atoms with E-state index in [1.54, 1.807) is 13.0 Å². The van der Waals surface area contributed by atoms with Gasteiger partial charge in [-0.05, 0) is 44.2 Å². The van der Waals surface area contributed by atoms with Crippen molar-refractivity contribution >= 4 is 27.5 Å². The maximum atomic E-state index is 13.6. The fraction of sp³-hybridized carbons (Fsp3) is 0.680. The van der Waals surface area contributed by atoms with Crippen molar-refractivity contribution in [1.29, 1.82) is 0 Å². The molecule has 3 heterocycles. The molecular formula is C25H36N4O5S. The summed E-state index contributed by atoms with van der Waals surface area (Å²) in [6, 6.07) is 3.79. The van der Waals surface area contributed by atoms with E-state index in [-0.39, 0.29) is 35.8 Å². The second-order valence-electron chi connectivity index (χ2n) is 10.3. The number of benzene rings is 1. The molecule has 4 aliphatic rings. The van der Waals surface area contributed by atoms with Gasteiger partial charge < -0.3 is 15.0 Å². The van der Waals surface area contributed by atoms with Gasteiger partial charge in [0.1, 0.15) is 5.75 Å². The Morgan fingerprint density at radius 3 is 2.49 bits per heavy atom. The zero-order valence-electron chi connectivity index (χ0n) is 20.5. The quantitative estimate of drug-likeness (QED) is 0.675. The highest BCUT2D eigenvalue weighted by Crippen LogP contribution is 2.35. The molecule has 1 N–H and O–H groups in total. The number of rotatable bonds is 4. The van der Waals surface area contributed by atoms with Gasteiger partial charge in [0.25, 0.3) is 5.91 Å². The highest BCUT2D eigenvalue weighted by molar-refractivity contribution is 7.89. The first-order chi connectivity index (χ1) is 16.8. The lowest BCUT2D eigenvalue weighted by Crippen LogP contribution is -2.55. The smallest absolute Gasteiger partial charge is 0.262 e. The van der Waals surface area contributed by atoms with Gasteiger partial charge >= 0.3 is 0 Å². The van der Waals surface area contributed by atoms with Crippen molar-refractivity contribution in [2.75, 3.05) is 51.2 Å². The summed E-state index contributed by atoms with van der Waals surface area (Å²) in [6.45, 7) is 5.47. The van der Waals surface area contributed by atoms with E-state index in [9.17, 15) is 18.0 Å². The van der Waals surface area contributed by atoms with E-state index in [0.29, 0.717) is 42.4 Å². The number of piperidine rings is 1. The molecular weight excluding hydrogens is 468 g/mol. The number of nitrogens with zero attached hydrogens (tertiary/aromatic N) is 3. The molecule has 192 valence electrons. The molecule has 0 aromatic heterocycles. The van der Waals surface area contributed by atoms with Crippen molar-refractivity contribution < 1.29 is 22.7 Å². The average molecular weight is 505 g/mol. The number of sulfonamides is 1. The summed E-state index contributed by atoms with van der Waals surface area (Å²) in [5.41, 5.74) is 1.03. The Labute approximate surface area is 207 Å². The number of hydrogen-bond donors (Lipinski definition) is 1. The number of carbonyl (C=O) groups excluding carboxylic acids is 2. The lowest BCUT2D eigenvalue weighted by molar-refractivity contribution is -0.139. The van der Waals surface area contributed by atoms with Crippen molar-refractivity contribution in [1.82, 2.24) is 14.1 Å². The zero-order valence-corrected chi connectivity index (χ0v) is 21.3. The Balaban J connectivity index is 1.24. The zero-order chi connectivity index (χ0) is 24.6. The minimum atomic E-state index is -3.80. The summed E-state index contributed by atoms with van der Waals surface area (Å²) in [5, 5.41) is 2.72. The summed E-state index contributed by atoms with van der Waals surface area (Å²) in [6.07, 6.45) is 7.86. The van der Waals surface area contributed by atoms with Crippen LogP contribution in [0, 0.1) is 12.8 Å². The van der Waals surface area contributed by atoms with Gasteiger partial charge in [-0.3, -0.25) is 14.5 Å². The molecule has 0 radical (unpaired) electrons. The number of aryl methyl sites for hydroxylation is 1. The maximum Gasteiger partial charge on any atom is 0.262 e. The predicted molar refractivity (Wildman–Crippen MR) is 132 cm³/mol. The van der Waals surface area contributed by atoms with Gasteiger partial charge in [0.15, 0.2) is 6.61 Å². The monoisotopic (exact) mass is 504 g/mol. The number of nitrogens with one attached hydrogen (secondary N) is 1.